The molecule has 0 radical (unpaired) electrons. The molecule has 3 aromatic rings. The maximum atomic E-state index is 11.6. The number of ether oxygens (including phenoxy) is 1. The molecule has 0 bridgehead atoms. The molecule has 1 saturated heterocycles. The van der Waals surface area contributed by atoms with Crippen molar-refractivity contribution in [2.75, 3.05) is 39.3 Å². The number of aliphatic hydroxyl groups excluding tert-OH is 1. The Balaban J connectivity index is 1.46. The highest BCUT2D eigenvalue weighted by molar-refractivity contribution is 5.99. The topological polar surface area (TPSA) is 65.9 Å². The third kappa shape index (κ3) is 5.21. The van der Waals surface area contributed by atoms with Gasteiger partial charge in [0.2, 0.25) is 5.91 Å². The summed E-state index contributed by atoms with van der Waals surface area (Å²) < 4.78 is 6.13. The standard InChI is InChI=1S/C25H29N3O3/c1-19(29)28-14-4-13-27(15-16-28)17-22(30)18-31-24-8-7-20-5-2-3-6-23(20)25(24)21-9-11-26-12-10-21/h2-3,5-12,22,30H,4,13-18H2,1H3. The summed E-state index contributed by atoms with van der Waals surface area (Å²) in [6.07, 6.45) is 3.86. The first-order valence-electron chi connectivity index (χ1n) is 10.8. The number of fused-ring (bicyclic) bond motifs is 1. The average molecular weight is 420 g/mol. The number of hydrogen-bond donors (Lipinski definition) is 1. The highest BCUT2D eigenvalue weighted by Crippen LogP contribution is 2.36. The van der Waals surface area contributed by atoms with Gasteiger partial charge in [0.05, 0.1) is 0 Å². The number of nitrogens with zero attached hydrogens (tertiary/aromatic N) is 3. The zero-order chi connectivity index (χ0) is 21.6. The molecule has 1 aromatic heterocycles. The maximum absolute atomic E-state index is 11.6. The number of carbonyl (C=O) groups is 1. The minimum atomic E-state index is -0.611. The molecule has 1 aliphatic heterocycles. The van der Waals surface area contributed by atoms with Crippen molar-refractivity contribution >= 4 is 16.7 Å². The molecule has 1 aliphatic rings. The number of carbonyl (C=O) groups excluding carboxylic acids is 1. The van der Waals surface area contributed by atoms with Crippen LogP contribution in [0.5, 0.6) is 5.75 Å². The molecule has 6 heteroatoms. The van der Waals surface area contributed by atoms with Crippen molar-refractivity contribution in [1.29, 1.82) is 0 Å². The number of hydrogen-bond acceptors (Lipinski definition) is 5. The zero-order valence-corrected chi connectivity index (χ0v) is 17.9. The Morgan fingerprint density at radius 1 is 1.06 bits per heavy atom. The van der Waals surface area contributed by atoms with Crippen molar-refractivity contribution < 1.29 is 14.6 Å². The number of benzene rings is 2. The predicted octanol–water partition coefficient (Wildman–Crippen LogP) is 3.20. The maximum Gasteiger partial charge on any atom is 0.219 e. The van der Waals surface area contributed by atoms with E-state index in [2.05, 4.69) is 22.0 Å². The van der Waals surface area contributed by atoms with E-state index in [1.807, 2.05) is 41.3 Å². The molecule has 2 heterocycles. The van der Waals surface area contributed by atoms with Gasteiger partial charge in [-0.05, 0) is 47.5 Å². The van der Waals surface area contributed by atoms with Gasteiger partial charge < -0.3 is 14.7 Å². The van der Waals surface area contributed by atoms with E-state index in [9.17, 15) is 9.90 Å². The molecule has 0 spiro atoms. The van der Waals surface area contributed by atoms with Gasteiger partial charge in [0.1, 0.15) is 18.5 Å². The highest BCUT2D eigenvalue weighted by Gasteiger charge is 2.19. The van der Waals surface area contributed by atoms with Crippen molar-refractivity contribution in [3.63, 3.8) is 0 Å². The fourth-order valence-corrected chi connectivity index (χ4v) is 4.19. The molecule has 1 N–H and O–H groups in total. The number of β-amino-alcohol motifs (C(OH)–C–C–N with tert-alkyl or cyclic N) is 1. The molecule has 4 rings (SSSR count). The van der Waals surface area contributed by atoms with Gasteiger partial charge in [-0.3, -0.25) is 14.7 Å². The van der Waals surface area contributed by atoms with Crippen molar-refractivity contribution in [3.05, 3.63) is 60.9 Å². The Kier molecular flexibility index (Phi) is 6.79. The van der Waals surface area contributed by atoms with Gasteiger partial charge in [0.15, 0.2) is 0 Å². The van der Waals surface area contributed by atoms with Crippen LogP contribution in [0.4, 0.5) is 0 Å². The summed E-state index contributed by atoms with van der Waals surface area (Å²) in [6.45, 7) is 5.49. The Labute approximate surface area is 183 Å². The van der Waals surface area contributed by atoms with E-state index in [0.29, 0.717) is 13.1 Å². The van der Waals surface area contributed by atoms with Crippen LogP contribution in [0.1, 0.15) is 13.3 Å². The van der Waals surface area contributed by atoms with Crippen LogP contribution in [0.2, 0.25) is 0 Å². The van der Waals surface area contributed by atoms with Gasteiger partial charge in [0.25, 0.3) is 0 Å². The molecule has 162 valence electrons. The van der Waals surface area contributed by atoms with E-state index < -0.39 is 6.10 Å². The third-order valence-corrected chi connectivity index (χ3v) is 5.79. The van der Waals surface area contributed by atoms with Gasteiger partial charge in [0, 0.05) is 51.1 Å². The Hall–Kier alpha value is -2.96. The van der Waals surface area contributed by atoms with Gasteiger partial charge in [-0.2, -0.15) is 0 Å². The number of pyridine rings is 1. The lowest BCUT2D eigenvalue weighted by atomic mass is 9.98. The van der Waals surface area contributed by atoms with E-state index in [1.165, 1.54) is 0 Å². The quantitative estimate of drug-likeness (QED) is 0.665. The molecule has 6 nitrogen and oxygen atoms in total. The molecule has 0 saturated carbocycles. The zero-order valence-electron chi connectivity index (χ0n) is 17.9. The molecular weight excluding hydrogens is 390 g/mol. The first kappa shape index (κ1) is 21.3. The van der Waals surface area contributed by atoms with E-state index in [0.717, 1.165) is 53.7 Å². The van der Waals surface area contributed by atoms with Crippen LogP contribution in [0.15, 0.2) is 60.9 Å². The van der Waals surface area contributed by atoms with Crippen LogP contribution >= 0.6 is 0 Å². The van der Waals surface area contributed by atoms with E-state index >= 15 is 0 Å². The van der Waals surface area contributed by atoms with Crippen LogP contribution in [-0.4, -0.2) is 71.2 Å². The summed E-state index contributed by atoms with van der Waals surface area (Å²) in [6, 6.07) is 16.2. The average Bonchev–Trinajstić information content (AvgIpc) is 3.03. The molecule has 1 unspecified atom stereocenters. The van der Waals surface area contributed by atoms with Gasteiger partial charge in [-0.15, -0.1) is 0 Å². The number of rotatable bonds is 6. The molecule has 1 atom stereocenters. The first-order valence-corrected chi connectivity index (χ1v) is 10.8. The van der Waals surface area contributed by atoms with Crippen LogP contribution < -0.4 is 4.74 Å². The van der Waals surface area contributed by atoms with E-state index in [-0.39, 0.29) is 12.5 Å². The Morgan fingerprint density at radius 2 is 1.87 bits per heavy atom. The largest absolute Gasteiger partial charge is 0.490 e. The Bertz CT molecular complexity index is 1020. The minimum Gasteiger partial charge on any atom is -0.490 e. The second-order valence-corrected chi connectivity index (χ2v) is 8.02. The number of amides is 1. The fourth-order valence-electron chi connectivity index (χ4n) is 4.19. The molecule has 1 amide bonds. The van der Waals surface area contributed by atoms with E-state index in [4.69, 9.17) is 4.74 Å². The van der Waals surface area contributed by atoms with Crippen molar-refractivity contribution in [2.45, 2.75) is 19.4 Å². The van der Waals surface area contributed by atoms with Crippen LogP contribution in [0.25, 0.3) is 21.9 Å². The molecule has 2 aromatic carbocycles. The summed E-state index contributed by atoms with van der Waals surface area (Å²) >= 11 is 0. The lowest BCUT2D eigenvalue weighted by molar-refractivity contribution is -0.128. The smallest absolute Gasteiger partial charge is 0.219 e. The number of aliphatic hydroxyl groups is 1. The van der Waals surface area contributed by atoms with Gasteiger partial charge in [-0.1, -0.05) is 30.3 Å². The van der Waals surface area contributed by atoms with Gasteiger partial charge in [-0.25, -0.2) is 0 Å². The second kappa shape index (κ2) is 9.90. The lowest BCUT2D eigenvalue weighted by Gasteiger charge is -2.24. The molecular formula is C25H29N3O3. The number of aromatic nitrogens is 1. The monoisotopic (exact) mass is 419 g/mol. The summed E-state index contributed by atoms with van der Waals surface area (Å²) in [5.41, 5.74) is 2.05. The molecule has 0 aliphatic carbocycles. The third-order valence-electron chi connectivity index (χ3n) is 5.79. The normalized spacial score (nSPS) is 16.1. The highest BCUT2D eigenvalue weighted by atomic mass is 16.5. The Morgan fingerprint density at radius 3 is 2.68 bits per heavy atom. The predicted molar refractivity (Wildman–Crippen MR) is 122 cm³/mol. The lowest BCUT2D eigenvalue weighted by Crippen LogP contribution is -2.38. The summed E-state index contributed by atoms with van der Waals surface area (Å²) in [4.78, 5) is 19.8. The molecule has 1 fully saturated rings. The van der Waals surface area contributed by atoms with Crippen LogP contribution in [0.3, 0.4) is 0 Å². The fraction of sp³-hybridized carbons (Fsp3) is 0.360. The van der Waals surface area contributed by atoms with Crippen molar-refractivity contribution in [3.8, 4) is 16.9 Å². The minimum absolute atomic E-state index is 0.116. The van der Waals surface area contributed by atoms with Crippen LogP contribution in [-0.2, 0) is 4.79 Å². The summed E-state index contributed by atoms with van der Waals surface area (Å²) in [7, 11) is 0. The van der Waals surface area contributed by atoms with Crippen LogP contribution in [0, 0.1) is 0 Å². The van der Waals surface area contributed by atoms with E-state index in [1.54, 1.807) is 19.3 Å². The van der Waals surface area contributed by atoms with Gasteiger partial charge >= 0.3 is 0 Å². The molecule has 31 heavy (non-hydrogen) atoms. The summed E-state index contributed by atoms with van der Waals surface area (Å²) in [5, 5.41) is 12.9. The van der Waals surface area contributed by atoms with Crippen molar-refractivity contribution in [2.24, 2.45) is 0 Å². The van der Waals surface area contributed by atoms with Crippen molar-refractivity contribution in [1.82, 2.24) is 14.8 Å². The SMILES string of the molecule is CC(=O)N1CCCN(CC(O)COc2ccc3ccccc3c2-c2ccncc2)CC1. The second-order valence-electron chi connectivity index (χ2n) is 8.02. The first-order chi connectivity index (χ1) is 15.1. The summed E-state index contributed by atoms with van der Waals surface area (Å²) in [5.74, 6) is 0.869.